The van der Waals surface area contributed by atoms with Crippen LogP contribution >= 0.6 is 0 Å². The van der Waals surface area contributed by atoms with Gasteiger partial charge in [0.25, 0.3) is 0 Å². The van der Waals surface area contributed by atoms with Gasteiger partial charge in [-0.2, -0.15) is 8.78 Å². The minimum Gasteiger partial charge on any atom is -0.464 e. The second-order valence-electron chi connectivity index (χ2n) is 3.36. The summed E-state index contributed by atoms with van der Waals surface area (Å²) in [6, 6.07) is 4.32. The first kappa shape index (κ1) is 14.1. The van der Waals surface area contributed by atoms with Gasteiger partial charge in [-0.15, -0.1) is 0 Å². The molecule has 1 rings (SSSR count). The smallest absolute Gasteiger partial charge is 0.381 e. The molecule has 0 bridgehead atoms. The highest BCUT2D eigenvalue weighted by Crippen LogP contribution is 2.29. The van der Waals surface area contributed by atoms with E-state index in [-0.39, 0.29) is 12.2 Å². The van der Waals surface area contributed by atoms with Gasteiger partial charge < -0.3 is 9.47 Å². The van der Waals surface area contributed by atoms with E-state index in [0.29, 0.717) is 0 Å². The standard InChI is InChI=1S/C12H12F2O4/c1-3-18-10(15)8-4-6-9(7-5-8)12(13,14)11(16)17-2/h4-7H,3H2,1-2H3. The number of hydrogen-bond acceptors (Lipinski definition) is 4. The Hall–Kier alpha value is -1.98. The zero-order valence-electron chi connectivity index (χ0n) is 9.91. The van der Waals surface area contributed by atoms with E-state index in [1.54, 1.807) is 6.92 Å². The Morgan fingerprint density at radius 3 is 2.22 bits per heavy atom. The minimum atomic E-state index is -3.73. The van der Waals surface area contributed by atoms with Gasteiger partial charge >= 0.3 is 17.9 Å². The van der Waals surface area contributed by atoms with E-state index >= 15 is 0 Å². The maximum absolute atomic E-state index is 13.4. The van der Waals surface area contributed by atoms with Crippen molar-refractivity contribution in [3.05, 3.63) is 35.4 Å². The van der Waals surface area contributed by atoms with Crippen molar-refractivity contribution < 1.29 is 27.8 Å². The summed E-state index contributed by atoms with van der Waals surface area (Å²) in [7, 11) is 0.878. The highest BCUT2D eigenvalue weighted by atomic mass is 19.3. The molecule has 18 heavy (non-hydrogen) atoms. The van der Waals surface area contributed by atoms with Crippen molar-refractivity contribution in [2.24, 2.45) is 0 Å². The number of benzene rings is 1. The molecule has 6 heteroatoms. The largest absolute Gasteiger partial charge is 0.464 e. The van der Waals surface area contributed by atoms with Crippen molar-refractivity contribution >= 4 is 11.9 Å². The second-order valence-corrected chi connectivity index (χ2v) is 3.36. The highest BCUT2D eigenvalue weighted by Gasteiger charge is 2.42. The van der Waals surface area contributed by atoms with Gasteiger partial charge in [0, 0.05) is 5.56 Å². The maximum Gasteiger partial charge on any atom is 0.381 e. The molecule has 0 fully saturated rings. The van der Waals surface area contributed by atoms with E-state index in [9.17, 15) is 18.4 Å². The molecule has 1 aromatic carbocycles. The van der Waals surface area contributed by atoms with Gasteiger partial charge in [-0.1, -0.05) is 12.1 Å². The Labute approximate surface area is 103 Å². The number of rotatable bonds is 4. The number of carbonyl (C=O) groups is 2. The summed E-state index contributed by atoms with van der Waals surface area (Å²) in [5.41, 5.74) is -0.399. The van der Waals surface area contributed by atoms with Crippen molar-refractivity contribution in [1.29, 1.82) is 0 Å². The van der Waals surface area contributed by atoms with Gasteiger partial charge in [-0.05, 0) is 19.1 Å². The molecule has 0 aliphatic heterocycles. The van der Waals surface area contributed by atoms with Crippen LogP contribution in [0.3, 0.4) is 0 Å². The molecule has 4 nitrogen and oxygen atoms in total. The molecule has 0 aliphatic carbocycles. The zero-order valence-corrected chi connectivity index (χ0v) is 9.91. The summed E-state index contributed by atoms with van der Waals surface area (Å²) in [4.78, 5) is 22.2. The number of methoxy groups -OCH3 is 1. The Morgan fingerprint density at radius 2 is 1.78 bits per heavy atom. The molecule has 0 radical (unpaired) electrons. The van der Waals surface area contributed by atoms with Crippen molar-refractivity contribution in [1.82, 2.24) is 0 Å². The Kier molecular flexibility index (Phi) is 4.36. The van der Waals surface area contributed by atoms with Crippen LogP contribution in [0.5, 0.6) is 0 Å². The fourth-order valence-corrected chi connectivity index (χ4v) is 1.28. The maximum atomic E-state index is 13.4. The predicted octanol–water partition coefficient (Wildman–Crippen LogP) is 2.13. The molecule has 98 valence electrons. The number of carbonyl (C=O) groups excluding carboxylic acids is 2. The zero-order chi connectivity index (χ0) is 13.8. The third kappa shape index (κ3) is 2.82. The lowest BCUT2D eigenvalue weighted by Gasteiger charge is -2.13. The molecule has 0 unspecified atom stereocenters. The predicted molar refractivity (Wildman–Crippen MR) is 58.3 cm³/mol. The average molecular weight is 258 g/mol. The number of halogens is 2. The first-order chi connectivity index (χ1) is 8.43. The van der Waals surface area contributed by atoms with Crippen LogP contribution in [0.15, 0.2) is 24.3 Å². The van der Waals surface area contributed by atoms with E-state index < -0.39 is 23.4 Å². The fraction of sp³-hybridized carbons (Fsp3) is 0.333. The van der Waals surface area contributed by atoms with Crippen LogP contribution in [0, 0.1) is 0 Å². The monoisotopic (exact) mass is 258 g/mol. The Morgan fingerprint density at radius 1 is 1.22 bits per heavy atom. The van der Waals surface area contributed by atoms with Crippen LogP contribution in [0.4, 0.5) is 8.78 Å². The number of hydrogen-bond donors (Lipinski definition) is 0. The summed E-state index contributed by atoms with van der Waals surface area (Å²) in [5, 5.41) is 0. The van der Waals surface area contributed by atoms with Crippen LogP contribution in [-0.4, -0.2) is 25.7 Å². The first-order valence-electron chi connectivity index (χ1n) is 5.17. The molecular formula is C12H12F2O4. The van der Waals surface area contributed by atoms with E-state index in [1.165, 1.54) is 12.1 Å². The summed E-state index contributed by atoms with van der Waals surface area (Å²) in [6.07, 6.45) is 0. The summed E-state index contributed by atoms with van der Waals surface area (Å²) in [5.74, 6) is -5.99. The van der Waals surface area contributed by atoms with Crippen LogP contribution < -0.4 is 0 Å². The lowest BCUT2D eigenvalue weighted by Crippen LogP contribution is -2.27. The van der Waals surface area contributed by atoms with Gasteiger partial charge in [0.2, 0.25) is 0 Å². The van der Waals surface area contributed by atoms with E-state index in [0.717, 1.165) is 19.2 Å². The summed E-state index contributed by atoms with van der Waals surface area (Å²) < 4.78 is 35.6. The second kappa shape index (κ2) is 5.57. The molecule has 0 aromatic heterocycles. The number of esters is 2. The van der Waals surface area contributed by atoms with Crippen LogP contribution in [0.1, 0.15) is 22.8 Å². The van der Waals surface area contributed by atoms with E-state index in [4.69, 9.17) is 4.74 Å². The summed E-state index contributed by atoms with van der Waals surface area (Å²) in [6.45, 7) is 1.83. The lowest BCUT2D eigenvalue weighted by atomic mass is 10.1. The van der Waals surface area contributed by atoms with Crippen molar-refractivity contribution in [3.63, 3.8) is 0 Å². The molecule has 0 spiro atoms. The Bertz CT molecular complexity index is 440. The van der Waals surface area contributed by atoms with Crippen molar-refractivity contribution in [2.75, 3.05) is 13.7 Å². The molecule has 0 aliphatic rings. The molecule has 0 N–H and O–H groups in total. The molecule has 0 saturated carbocycles. The number of alkyl halides is 2. The molecule has 0 atom stereocenters. The van der Waals surface area contributed by atoms with Crippen LogP contribution in [-0.2, 0) is 20.2 Å². The Balaban J connectivity index is 2.95. The minimum absolute atomic E-state index is 0.140. The van der Waals surface area contributed by atoms with Gasteiger partial charge in [0.1, 0.15) is 0 Å². The highest BCUT2D eigenvalue weighted by molar-refractivity contribution is 5.89. The molecular weight excluding hydrogens is 246 g/mol. The van der Waals surface area contributed by atoms with Gasteiger partial charge in [0.15, 0.2) is 0 Å². The van der Waals surface area contributed by atoms with Crippen LogP contribution in [0.2, 0.25) is 0 Å². The van der Waals surface area contributed by atoms with Gasteiger partial charge in [-0.25, -0.2) is 9.59 Å². The molecule has 0 saturated heterocycles. The van der Waals surface area contributed by atoms with Crippen molar-refractivity contribution in [3.8, 4) is 0 Å². The average Bonchev–Trinajstić information content (AvgIpc) is 2.38. The van der Waals surface area contributed by atoms with Crippen LogP contribution in [0.25, 0.3) is 0 Å². The summed E-state index contributed by atoms with van der Waals surface area (Å²) >= 11 is 0. The van der Waals surface area contributed by atoms with Crippen molar-refractivity contribution in [2.45, 2.75) is 12.8 Å². The van der Waals surface area contributed by atoms with E-state index in [1.807, 2.05) is 0 Å². The molecule has 1 aromatic rings. The molecule has 0 amide bonds. The third-order valence-electron chi connectivity index (χ3n) is 2.20. The molecule has 0 heterocycles. The normalized spacial score (nSPS) is 10.9. The lowest BCUT2D eigenvalue weighted by molar-refractivity contribution is -0.170. The topological polar surface area (TPSA) is 52.6 Å². The van der Waals surface area contributed by atoms with Gasteiger partial charge in [0.05, 0.1) is 19.3 Å². The number of ether oxygens (including phenoxy) is 2. The first-order valence-corrected chi connectivity index (χ1v) is 5.17. The SMILES string of the molecule is CCOC(=O)c1ccc(C(F)(F)C(=O)OC)cc1. The quantitative estimate of drug-likeness (QED) is 0.776. The fourth-order valence-electron chi connectivity index (χ4n) is 1.28. The third-order valence-corrected chi connectivity index (χ3v) is 2.20. The van der Waals surface area contributed by atoms with E-state index in [2.05, 4.69) is 4.74 Å². The van der Waals surface area contributed by atoms with Gasteiger partial charge in [-0.3, -0.25) is 0 Å².